The summed E-state index contributed by atoms with van der Waals surface area (Å²) in [4.78, 5) is 31.4. The van der Waals surface area contributed by atoms with Gasteiger partial charge in [-0.25, -0.2) is 4.79 Å². The lowest BCUT2D eigenvalue weighted by Gasteiger charge is -2.06. The van der Waals surface area contributed by atoms with Gasteiger partial charge in [-0.1, -0.05) is 35.9 Å². The summed E-state index contributed by atoms with van der Waals surface area (Å²) in [7, 11) is 0. The number of rotatable bonds is 4. The van der Waals surface area contributed by atoms with Crippen LogP contribution in [0.25, 0.3) is 11.6 Å². The molecule has 140 valence electrons. The maximum absolute atomic E-state index is 12.3. The van der Waals surface area contributed by atoms with E-state index in [1.807, 2.05) is 43.3 Å². The first-order chi connectivity index (χ1) is 13.5. The van der Waals surface area contributed by atoms with Gasteiger partial charge in [0.2, 0.25) is 11.8 Å². The molecule has 2 heterocycles. The van der Waals surface area contributed by atoms with E-state index in [0.717, 1.165) is 27.0 Å². The molecule has 0 saturated carbocycles. The minimum absolute atomic E-state index is 0.228. The molecule has 3 aromatic rings. The van der Waals surface area contributed by atoms with Crippen molar-refractivity contribution in [3.05, 3.63) is 75.8 Å². The van der Waals surface area contributed by atoms with E-state index < -0.39 is 11.6 Å². The number of aromatic hydroxyl groups is 1. The zero-order chi connectivity index (χ0) is 19.7. The van der Waals surface area contributed by atoms with E-state index in [0.29, 0.717) is 5.69 Å². The van der Waals surface area contributed by atoms with Gasteiger partial charge >= 0.3 is 5.69 Å². The average molecular weight is 374 g/mol. The second-order valence-electron chi connectivity index (χ2n) is 6.54. The van der Waals surface area contributed by atoms with Gasteiger partial charge in [-0.2, -0.15) is 0 Å². The summed E-state index contributed by atoms with van der Waals surface area (Å²) in [5, 5.41) is 13.1. The molecule has 0 fully saturated rings. The lowest BCUT2D eigenvalue weighted by Crippen LogP contribution is -2.25. The number of benzene rings is 2. The van der Waals surface area contributed by atoms with Crippen molar-refractivity contribution in [3.8, 4) is 5.88 Å². The maximum Gasteiger partial charge on any atom is 0.329 e. The molecule has 1 aromatic heterocycles. The van der Waals surface area contributed by atoms with E-state index in [4.69, 9.17) is 0 Å². The number of anilines is 1. The summed E-state index contributed by atoms with van der Waals surface area (Å²) in [6.45, 7) is 1.65. The predicted molar refractivity (Wildman–Crippen MR) is 109 cm³/mol. The Kier molecular flexibility index (Phi) is 4.41. The van der Waals surface area contributed by atoms with Crippen molar-refractivity contribution in [2.24, 2.45) is 4.99 Å². The summed E-state index contributed by atoms with van der Waals surface area (Å²) in [5.41, 5.74) is 3.87. The highest BCUT2D eigenvalue weighted by molar-refractivity contribution is 6.21. The van der Waals surface area contributed by atoms with Crippen LogP contribution in [0.1, 0.15) is 16.8 Å². The van der Waals surface area contributed by atoms with Crippen LogP contribution in [0.15, 0.2) is 58.3 Å². The fourth-order valence-electron chi connectivity index (χ4n) is 3.02. The quantitative estimate of drug-likeness (QED) is 0.654. The number of imidazole rings is 1. The molecule has 7 heteroatoms. The number of aliphatic imine (C=N–C) groups is 1. The number of fused-ring (bicyclic) bond motifs is 1. The second-order valence-corrected chi connectivity index (χ2v) is 6.54. The Morgan fingerprint density at radius 3 is 2.75 bits per heavy atom. The SMILES string of the molecule is Cc1ccc(NC(=O)Cn2c(O)c(C=C3C=Nc4ccccc43)[nH]c2=O)cc1. The highest BCUT2D eigenvalue weighted by atomic mass is 16.3. The fourth-order valence-corrected chi connectivity index (χ4v) is 3.02. The van der Waals surface area contributed by atoms with Crippen LogP contribution in [-0.4, -0.2) is 26.8 Å². The molecule has 1 aliphatic rings. The molecular weight excluding hydrogens is 356 g/mol. The van der Waals surface area contributed by atoms with E-state index >= 15 is 0 Å². The molecule has 2 aromatic carbocycles. The van der Waals surface area contributed by atoms with Crippen LogP contribution in [0.5, 0.6) is 5.88 Å². The second kappa shape index (κ2) is 7.03. The van der Waals surface area contributed by atoms with Gasteiger partial charge < -0.3 is 15.4 Å². The number of hydrogen-bond donors (Lipinski definition) is 3. The Balaban J connectivity index is 1.56. The number of carbonyl (C=O) groups is 1. The molecule has 0 saturated heterocycles. The van der Waals surface area contributed by atoms with Crippen molar-refractivity contribution in [2.75, 3.05) is 5.32 Å². The largest absolute Gasteiger partial charge is 0.493 e. The number of H-pyrrole nitrogens is 1. The van der Waals surface area contributed by atoms with E-state index in [1.54, 1.807) is 24.4 Å². The van der Waals surface area contributed by atoms with Gasteiger partial charge in [0.05, 0.1) is 5.69 Å². The Bertz CT molecular complexity index is 1170. The summed E-state index contributed by atoms with van der Waals surface area (Å²) in [6, 6.07) is 14.9. The lowest BCUT2D eigenvalue weighted by molar-refractivity contribution is -0.116. The molecule has 7 nitrogen and oxygen atoms in total. The normalized spacial score (nSPS) is 13.7. The van der Waals surface area contributed by atoms with Crippen LogP contribution in [0.2, 0.25) is 0 Å². The number of aromatic amines is 1. The monoisotopic (exact) mass is 374 g/mol. The predicted octanol–water partition coefficient (Wildman–Crippen LogP) is 3.09. The first kappa shape index (κ1) is 17.5. The zero-order valence-corrected chi connectivity index (χ0v) is 15.1. The van der Waals surface area contributed by atoms with Crippen LogP contribution in [-0.2, 0) is 11.3 Å². The van der Waals surface area contributed by atoms with Crippen molar-refractivity contribution in [1.82, 2.24) is 9.55 Å². The minimum Gasteiger partial charge on any atom is -0.493 e. The number of allylic oxidation sites excluding steroid dienone is 1. The van der Waals surface area contributed by atoms with Gasteiger partial charge in [-0.3, -0.25) is 14.4 Å². The van der Waals surface area contributed by atoms with Crippen molar-refractivity contribution in [1.29, 1.82) is 0 Å². The van der Waals surface area contributed by atoms with Crippen molar-refractivity contribution in [3.63, 3.8) is 0 Å². The third-order valence-electron chi connectivity index (χ3n) is 4.48. The van der Waals surface area contributed by atoms with Crippen LogP contribution >= 0.6 is 0 Å². The third kappa shape index (κ3) is 3.37. The van der Waals surface area contributed by atoms with E-state index in [1.165, 1.54) is 0 Å². The zero-order valence-electron chi connectivity index (χ0n) is 15.1. The molecule has 0 radical (unpaired) electrons. The van der Waals surface area contributed by atoms with Gasteiger partial charge in [-0.15, -0.1) is 0 Å². The van der Waals surface area contributed by atoms with Crippen molar-refractivity contribution >= 4 is 35.1 Å². The molecular formula is C21H18N4O3. The lowest BCUT2D eigenvalue weighted by atomic mass is 10.1. The highest BCUT2D eigenvalue weighted by Crippen LogP contribution is 2.32. The maximum atomic E-state index is 12.3. The number of aryl methyl sites for hydroxylation is 1. The molecule has 3 N–H and O–H groups in total. The van der Waals surface area contributed by atoms with Gasteiger partial charge in [0.1, 0.15) is 12.2 Å². The third-order valence-corrected chi connectivity index (χ3v) is 4.48. The van der Waals surface area contributed by atoms with Gasteiger partial charge in [0.15, 0.2) is 0 Å². The number of nitrogens with one attached hydrogen (secondary N) is 2. The molecule has 0 spiro atoms. The van der Waals surface area contributed by atoms with Gasteiger partial charge in [0, 0.05) is 23.0 Å². The molecule has 0 atom stereocenters. The number of aromatic nitrogens is 2. The van der Waals surface area contributed by atoms with Crippen LogP contribution in [0.3, 0.4) is 0 Å². The standard InChI is InChI=1S/C21H18N4O3/c1-13-6-8-15(9-7-13)23-19(26)12-25-20(27)18(24-21(25)28)10-14-11-22-17-5-3-2-4-16(14)17/h2-11,27H,12H2,1H3,(H,23,26)(H,24,28). The Hall–Kier alpha value is -3.87. The smallest absolute Gasteiger partial charge is 0.329 e. The summed E-state index contributed by atoms with van der Waals surface area (Å²) < 4.78 is 0.994. The molecule has 0 unspecified atom stereocenters. The topological polar surface area (TPSA) is 99.5 Å². The Morgan fingerprint density at radius 2 is 1.96 bits per heavy atom. The Morgan fingerprint density at radius 1 is 1.21 bits per heavy atom. The summed E-state index contributed by atoms with van der Waals surface area (Å²) in [6.07, 6.45) is 3.31. The molecule has 28 heavy (non-hydrogen) atoms. The van der Waals surface area contributed by atoms with E-state index in [9.17, 15) is 14.7 Å². The number of nitrogens with zero attached hydrogens (tertiary/aromatic N) is 2. The molecule has 1 amide bonds. The van der Waals surface area contributed by atoms with Crippen LogP contribution in [0, 0.1) is 6.92 Å². The number of para-hydroxylation sites is 1. The number of carbonyl (C=O) groups excluding carboxylic acids is 1. The molecule has 4 rings (SSSR count). The molecule has 0 aliphatic carbocycles. The van der Waals surface area contributed by atoms with E-state index in [2.05, 4.69) is 15.3 Å². The van der Waals surface area contributed by atoms with Gasteiger partial charge in [-0.05, 0) is 31.2 Å². The Labute approximate surface area is 160 Å². The van der Waals surface area contributed by atoms with Crippen molar-refractivity contribution in [2.45, 2.75) is 13.5 Å². The molecule has 0 bridgehead atoms. The fraction of sp³-hybridized carbons (Fsp3) is 0.0952. The van der Waals surface area contributed by atoms with Crippen LogP contribution < -0.4 is 11.0 Å². The number of hydrogen-bond acceptors (Lipinski definition) is 4. The molecule has 1 aliphatic heterocycles. The average Bonchev–Trinajstić information content (AvgIpc) is 3.20. The number of amides is 1. The minimum atomic E-state index is -0.563. The highest BCUT2D eigenvalue weighted by Gasteiger charge is 2.17. The van der Waals surface area contributed by atoms with E-state index in [-0.39, 0.29) is 18.1 Å². The van der Waals surface area contributed by atoms with Crippen molar-refractivity contribution < 1.29 is 9.90 Å². The summed E-state index contributed by atoms with van der Waals surface area (Å²) >= 11 is 0. The first-order valence-corrected chi connectivity index (χ1v) is 8.75. The van der Waals surface area contributed by atoms with Crippen LogP contribution in [0.4, 0.5) is 11.4 Å². The summed E-state index contributed by atoms with van der Waals surface area (Å²) in [5.74, 6) is -0.707. The van der Waals surface area contributed by atoms with Gasteiger partial charge in [0.25, 0.3) is 0 Å². The first-order valence-electron chi connectivity index (χ1n) is 8.75.